The Morgan fingerprint density at radius 2 is 2.21 bits per heavy atom. The van der Waals surface area contributed by atoms with Crippen LogP contribution in [-0.4, -0.2) is 27.9 Å². The number of halogens is 1. The number of hydrogen-bond donors (Lipinski definition) is 3. The van der Waals surface area contributed by atoms with E-state index < -0.39 is 0 Å². The van der Waals surface area contributed by atoms with Gasteiger partial charge in [-0.1, -0.05) is 25.4 Å². The summed E-state index contributed by atoms with van der Waals surface area (Å²) in [4.78, 5) is 18.4. The highest BCUT2D eigenvalue weighted by Gasteiger charge is 2.09. The minimum atomic E-state index is -0.252. The Hall–Kier alpha value is -2.54. The maximum absolute atomic E-state index is 11.6. The van der Waals surface area contributed by atoms with Crippen molar-refractivity contribution >= 4 is 23.8 Å². The van der Waals surface area contributed by atoms with Gasteiger partial charge in [-0.15, -0.1) is 0 Å². The molecule has 0 saturated heterocycles. The van der Waals surface area contributed by atoms with Crippen LogP contribution in [0.3, 0.4) is 0 Å². The normalized spacial score (nSPS) is 11.2. The second-order valence-corrected chi connectivity index (χ2v) is 5.73. The second-order valence-electron chi connectivity index (χ2n) is 5.33. The molecule has 0 bridgehead atoms. The number of nitrogens with one attached hydrogen (secondary N) is 2. The fraction of sp³-hybridized carbons (Fsp3) is 0.312. The highest BCUT2D eigenvalue weighted by molar-refractivity contribution is 6.32. The van der Waals surface area contributed by atoms with Crippen LogP contribution in [0.4, 0.5) is 5.95 Å². The molecule has 1 aromatic heterocycles. The van der Waals surface area contributed by atoms with Crippen molar-refractivity contribution in [3.8, 4) is 11.5 Å². The molecule has 128 valence electrons. The molecule has 0 aliphatic heterocycles. The lowest BCUT2D eigenvalue weighted by Crippen LogP contribution is -2.12. The Labute approximate surface area is 144 Å². The van der Waals surface area contributed by atoms with Crippen molar-refractivity contribution in [1.82, 2.24) is 9.97 Å². The molecule has 0 radical (unpaired) electrons. The van der Waals surface area contributed by atoms with Crippen LogP contribution >= 0.6 is 11.6 Å². The van der Waals surface area contributed by atoms with Crippen LogP contribution in [-0.2, 0) is 0 Å². The van der Waals surface area contributed by atoms with E-state index in [-0.39, 0.29) is 33.9 Å². The van der Waals surface area contributed by atoms with E-state index >= 15 is 0 Å². The second kappa shape index (κ2) is 7.83. The van der Waals surface area contributed by atoms with Crippen molar-refractivity contribution in [2.45, 2.75) is 26.7 Å². The van der Waals surface area contributed by atoms with Gasteiger partial charge in [0.05, 0.1) is 23.5 Å². The molecule has 0 spiro atoms. The molecule has 3 N–H and O–H groups in total. The van der Waals surface area contributed by atoms with Crippen molar-refractivity contribution in [2.75, 3.05) is 12.0 Å². The van der Waals surface area contributed by atoms with E-state index in [1.165, 1.54) is 12.3 Å². The van der Waals surface area contributed by atoms with Gasteiger partial charge in [0.15, 0.2) is 11.5 Å². The van der Waals surface area contributed by atoms with Gasteiger partial charge in [-0.2, -0.15) is 5.10 Å². The van der Waals surface area contributed by atoms with Crippen LogP contribution in [0.1, 0.15) is 37.9 Å². The zero-order valence-electron chi connectivity index (χ0n) is 13.6. The van der Waals surface area contributed by atoms with Gasteiger partial charge in [0.25, 0.3) is 5.56 Å². The lowest BCUT2D eigenvalue weighted by atomic mass is 10.1. The number of benzene rings is 1. The summed E-state index contributed by atoms with van der Waals surface area (Å²) in [6, 6.07) is 4.61. The van der Waals surface area contributed by atoms with Gasteiger partial charge in [-0.05, 0) is 30.5 Å². The van der Waals surface area contributed by atoms with E-state index in [1.807, 2.05) is 13.8 Å². The number of phenols is 1. The number of ether oxygens (including phenoxy) is 1. The van der Waals surface area contributed by atoms with Crippen LogP contribution in [0.2, 0.25) is 5.02 Å². The van der Waals surface area contributed by atoms with Crippen LogP contribution in [0, 0.1) is 0 Å². The molecule has 0 aliphatic rings. The molecule has 0 atom stereocenters. The Kier molecular flexibility index (Phi) is 5.81. The maximum Gasteiger partial charge on any atom is 0.252 e. The topological polar surface area (TPSA) is 99.6 Å². The predicted molar refractivity (Wildman–Crippen MR) is 94.4 cm³/mol. The standard InChI is InChI=1S/C16H19ClN4O3/c1-4-24-13-6-10(5-11(17)15(13)23)8-18-21-16-19-12(9(2)3)7-14(22)20-16/h5-9,23H,4H2,1-3H3,(H2,19,20,21,22)/b18-8-. The molecule has 0 saturated carbocycles. The molecule has 0 unspecified atom stereocenters. The first kappa shape index (κ1) is 17.8. The predicted octanol–water partition coefficient (Wildman–Crippen LogP) is 3.10. The molecule has 1 aromatic carbocycles. The van der Waals surface area contributed by atoms with Crippen molar-refractivity contribution in [3.63, 3.8) is 0 Å². The van der Waals surface area contributed by atoms with E-state index in [0.717, 1.165) is 0 Å². The van der Waals surface area contributed by atoms with Crippen molar-refractivity contribution < 1.29 is 9.84 Å². The Morgan fingerprint density at radius 3 is 2.88 bits per heavy atom. The third-order valence-electron chi connectivity index (χ3n) is 3.09. The Morgan fingerprint density at radius 1 is 1.46 bits per heavy atom. The SMILES string of the molecule is CCOc1cc(/C=N\Nc2nc(C(C)C)cc(=O)[nH]2)cc(Cl)c1O. The first-order chi connectivity index (χ1) is 11.4. The fourth-order valence-electron chi connectivity index (χ4n) is 1.93. The minimum absolute atomic E-state index is 0.112. The smallest absolute Gasteiger partial charge is 0.252 e. The summed E-state index contributed by atoms with van der Waals surface area (Å²) in [5, 5.41) is 14.0. The zero-order valence-corrected chi connectivity index (χ0v) is 14.4. The molecular weight excluding hydrogens is 332 g/mol. The Balaban J connectivity index is 2.19. The summed E-state index contributed by atoms with van der Waals surface area (Å²) >= 11 is 5.96. The maximum atomic E-state index is 11.6. The molecule has 0 aliphatic carbocycles. The third-order valence-corrected chi connectivity index (χ3v) is 3.38. The highest BCUT2D eigenvalue weighted by Crippen LogP contribution is 2.34. The Bertz CT molecular complexity index is 802. The van der Waals surface area contributed by atoms with Gasteiger partial charge in [0.1, 0.15) is 0 Å². The number of hydrogen-bond acceptors (Lipinski definition) is 6. The zero-order chi connectivity index (χ0) is 17.7. The number of phenolic OH excluding ortho intramolecular Hbond substituents is 1. The number of anilines is 1. The van der Waals surface area contributed by atoms with Gasteiger partial charge in [0.2, 0.25) is 5.95 Å². The van der Waals surface area contributed by atoms with E-state index in [0.29, 0.717) is 17.9 Å². The summed E-state index contributed by atoms with van der Waals surface area (Å²) in [6.45, 7) is 6.10. The number of aromatic nitrogens is 2. The lowest BCUT2D eigenvalue weighted by molar-refractivity contribution is 0.318. The number of aromatic amines is 1. The van der Waals surface area contributed by atoms with E-state index in [2.05, 4.69) is 20.5 Å². The van der Waals surface area contributed by atoms with Crippen molar-refractivity contribution in [3.05, 3.63) is 44.8 Å². The average Bonchev–Trinajstić information content (AvgIpc) is 2.51. The number of aromatic hydroxyl groups is 1. The van der Waals surface area contributed by atoms with Crippen LogP contribution in [0.15, 0.2) is 28.1 Å². The average molecular weight is 351 g/mol. The van der Waals surface area contributed by atoms with Crippen LogP contribution in [0.25, 0.3) is 0 Å². The van der Waals surface area contributed by atoms with Crippen molar-refractivity contribution in [2.24, 2.45) is 5.10 Å². The molecule has 24 heavy (non-hydrogen) atoms. The largest absolute Gasteiger partial charge is 0.503 e. The molecule has 2 aromatic rings. The van der Waals surface area contributed by atoms with E-state index in [9.17, 15) is 9.90 Å². The summed E-state index contributed by atoms with van der Waals surface area (Å²) in [6.07, 6.45) is 1.48. The molecule has 0 fully saturated rings. The third kappa shape index (κ3) is 4.48. The molecule has 2 rings (SSSR count). The molecular formula is C16H19ClN4O3. The summed E-state index contributed by atoms with van der Waals surface area (Å²) < 4.78 is 5.30. The number of H-pyrrole nitrogens is 1. The minimum Gasteiger partial charge on any atom is -0.503 e. The summed E-state index contributed by atoms with van der Waals surface area (Å²) in [7, 11) is 0. The van der Waals surface area contributed by atoms with Gasteiger partial charge in [0, 0.05) is 6.07 Å². The highest BCUT2D eigenvalue weighted by atomic mass is 35.5. The van der Waals surface area contributed by atoms with Gasteiger partial charge < -0.3 is 9.84 Å². The quantitative estimate of drug-likeness (QED) is 0.549. The van der Waals surface area contributed by atoms with Gasteiger partial charge >= 0.3 is 0 Å². The molecule has 1 heterocycles. The molecule has 7 nitrogen and oxygen atoms in total. The summed E-state index contributed by atoms with van der Waals surface area (Å²) in [5.41, 5.74) is 3.71. The van der Waals surface area contributed by atoms with E-state index in [4.69, 9.17) is 16.3 Å². The summed E-state index contributed by atoms with van der Waals surface area (Å²) in [5.74, 6) is 0.540. The first-order valence-corrected chi connectivity index (χ1v) is 7.84. The number of nitrogens with zero attached hydrogens (tertiary/aromatic N) is 2. The molecule has 8 heteroatoms. The van der Waals surface area contributed by atoms with Crippen molar-refractivity contribution in [1.29, 1.82) is 0 Å². The van der Waals surface area contributed by atoms with Crippen LogP contribution in [0.5, 0.6) is 11.5 Å². The van der Waals surface area contributed by atoms with Crippen LogP contribution < -0.4 is 15.7 Å². The van der Waals surface area contributed by atoms with Gasteiger partial charge in [-0.25, -0.2) is 10.4 Å². The monoisotopic (exact) mass is 350 g/mol. The first-order valence-electron chi connectivity index (χ1n) is 7.46. The lowest BCUT2D eigenvalue weighted by Gasteiger charge is -2.08. The fourth-order valence-corrected chi connectivity index (χ4v) is 2.15. The number of hydrazone groups is 1. The number of rotatable bonds is 6. The van der Waals surface area contributed by atoms with E-state index in [1.54, 1.807) is 19.1 Å². The van der Waals surface area contributed by atoms with Gasteiger partial charge in [-0.3, -0.25) is 9.78 Å². The molecule has 0 amide bonds.